The summed E-state index contributed by atoms with van der Waals surface area (Å²) in [7, 11) is 3.84. The maximum atomic E-state index is 13.7. The molecule has 1 N–H and O–H groups in total. The average Bonchev–Trinajstić information content (AvgIpc) is 2.41. The lowest BCUT2D eigenvalue weighted by Gasteiger charge is -2.21. The summed E-state index contributed by atoms with van der Waals surface area (Å²) in [4.78, 5) is 1.93. The fourth-order valence-corrected chi connectivity index (χ4v) is 2.18. The SMILES string of the molecule is CNCc1ccccc1CN(C)c1ccccc1F. The molecule has 0 saturated heterocycles. The van der Waals surface area contributed by atoms with Crippen molar-refractivity contribution in [2.24, 2.45) is 0 Å². The predicted molar refractivity (Wildman–Crippen MR) is 77.7 cm³/mol. The van der Waals surface area contributed by atoms with E-state index in [-0.39, 0.29) is 5.82 Å². The summed E-state index contributed by atoms with van der Waals surface area (Å²) >= 11 is 0. The first-order chi connectivity index (χ1) is 9.22. The van der Waals surface area contributed by atoms with Crippen LogP contribution in [0.25, 0.3) is 0 Å². The van der Waals surface area contributed by atoms with Gasteiger partial charge in [-0.05, 0) is 30.3 Å². The van der Waals surface area contributed by atoms with Gasteiger partial charge in [0.15, 0.2) is 0 Å². The molecular weight excluding hydrogens is 239 g/mol. The molecule has 19 heavy (non-hydrogen) atoms. The maximum Gasteiger partial charge on any atom is 0.146 e. The van der Waals surface area contributed by atoms with Crippen LogP contribution in [0.3, 0.4) is 0 Å². The standard InChI is InChI=1S/C16H19FN2/c1-18-11-13-7-3-4-8-14(13)12-19(2)16-10-6-5-9-15(16)17/h3-10,18H,11-12H2,1-2H3. The van der Waals surface area contributed by atoms with Crippen LogP contribution in [-0.4, -0.2) is 14.1 Å². The van der Waals surface area contributed by atoms with Crippen molar-refractivity contribution in [1.29, 1.82) is 0 Å². The Balaban J connectivity index is 2.19. The van der Waals surface area contributed by atoms with Crippen molar-refractivity contribution in [1.82, 2.24) is 5.32 Å². The Morgan fingerprint density at radius 3 is 2.32 bits per heavy atom. The van der Waals surface area contributed by atoms with Gasteiger partial charge in [0.1, 0.15) is 5.82 Å². The third-order valence-electron chi connectivity index (χ3n) is 3.16. The molecule has 2 aromatic rings. The molecule has 0 spiro atoms. The molecule has 0 fully saturated rings. The zero-order valence-corrected chi connectivity index (χ0v) is 11.4. The van der Waals surface area contributed by atoms with E-state index in [1.807, 2.05) is 37.2 Å². The highest BCUT2D eigenvalue weighted by molar-refractivity contribution is 5.47. The number of nitrogens with one attached hydrogen (secondary N) is 1. The second kappa shape index (κ2) is 6.34. The van der Waals surface area contributed by atoms with Gasteiger partial charge >= 0.3 is 0 Å². The summed E-state index contributed by atoms with van der Waals surface area (Å²) in [6.07, 6.45) is 0. The molecule has 0 amide bonds. The molecule has 0 saturated carbocycles. The molecule has 100 valence electrons. The van der Waals surface area contributed by atoms with Gasteiger partial charge in [-0.1, -0.05) is 36.4 Å². The Morgan fingerprint density at radius 2 is 1.63 bits per heavy atom. The zero-order valence-electron chi connectivity index (χ0n) is 11.4. The van der Waals surface area contributed by atoms with E-state index in [2.05, 4.69) is 17.4 Å². The Hall–Kier alpha value is -1.87. The first-order valence-corrected chi connectivity index (χ1v) is 6.39. The first kappa shape index (κ1) is 13.6. The van der Waals surface area contributed by atoms with E-state index in [9.17, 15) is 4.39 Å². The van der Waals surface area contributed by atoms with Gasteiger partial charge in [-0.3, -0.25) is 0 Å². The van der Waals surface area contributed by atoms with Crippen molar-refractivity contribution in [3.63, 3.8) is 0 Å². The molecule has 0 aromatic heterocycles. The summed E-state index contributed by atoms with van der Waals surface area (Å²) in [5.41, 5.74) is 3.08. The van der Waals surface area contributed by atoms with Crippen LogP contribution in [0.1, 0.15) is 11.1 Å². The number of hydrogen-bond acceptors (Lipinski definition) is 2. The summed E-state index contributed by atoms with van der Waals surface area (Å²) in [5.74, 6) is -0.184. The molecule has 0 atom stereocenters. The first-order valence-electron chi connectivity index (χ1n) is 6.39. The lowest BCUT2D eigenvalue weighted by molar-refractivity contribution is 0.622. The Kier molecular flexibility index (Phi) is 4.53. The molecule has 0 heterocycles. The molecule has 0 aliphatic rings. The largest absolute Gasteiger partial charge is 0.368 e. The van der Waals surface area contributed by atoms with Crippen LogP contribution in [0, 0.1) is 5.82 Å². The van der Waals surface area contributed by atoms with Crippen molar-refractivity contribution in [2.45, 2.75) is 13.1 Å². The number of halogens is 1. The minimum absolute atomic E-state index is 0.184. The summed E-state index contributed by atoms with van der Waals surface area (Å²) in [5, 5.41) is 3.16. The molecule has 0 unspecified atom stereocenters. The van der Waals surface area contributed by atoms with E-state index in [0.717, 1.165) is 6.54 Å². The number of para-hydroxylation sites is 1. The highest BCUT2D eigenvalue weighted by atomic mass is 19.1. The van der Waals surface area contributed by atoms with Gasteiger partial charge in [-0.15, -0.1) is 0 Å². The van der Waals surface area contributed by atoms with Crippen LogP contribution in [0.4, 0.5) is 10.1 Å². The van der Waals surface area contributed by atoms with E-state index in [4.69, 9.17) is 0 Å². The molecule has 0 aliphatic heterocycles. The molecule has 2 nitrogen and oxygen atoms in total. The third-order valence-corrected chi connectivity index (χ3v) is 3.16. The Labute approximate surface area is 113 Å². The van der Waals surface area contributed by atoms with E-state index in [1.165, 1.54) is 17.2 Å². The van der Waals surface area contributed by atoms with E-state index >= 15 is 0 Å². The van der Waals surface area contributed by atoms with Gasteiger partial charge in [0.05, 0.1) is 5.69 Å². The van der Waals surface area contributed by atoms with Gasteiger partial charge in [0.25, 0.3) is 0 Å². The molecule has 0 bridgehead atoms. The molecule has 3 heteroatoms. The second-order valence-corrected chi connectivity index (χ2v) is 4.61. The molecule has 0 radical (unpaired) electrons. The quantitative estimate of drug-likeness (QED) is 0.886. The van der Waals surface area contributed by atoms with Crippen LogP contribution in [0.15, 0.2) is 48.5 Å². The van der Waals surface area contributed by atoms with Crippen molar-refractivity contribution in [3.8, 4) is 0 Å². The minimum atomic E-state index is -0.184. The second-order valence-electron chi connectivity index (χ2n) is 4.61. The van der Waals surface area contributed by atoms with Gasteiger partial charge < -0.3 is 10.2 Å². The minimum Gasteiger partial charge on any atom is -0.368 e. The molecule has 2 rings (SSSR count). The number of hydrogen-bond donors (Lipinski definition) is 1. The lowest BCUT2D eigenvalue weighted by Crippen LogP contribution is -2.19. The highest BCUT2D eigenvalue weighted by Crippen LogP contribution is 2.20. The number of benzene rings is 2. The number of anilines is 1. The third kappa shape index (κ3) is 3.32. The van der Waals surface area contributed by atoms with Crippen molar-refractivity contribution in [2.75, 3.05) is 19.0 Å². The summed E-state index contributed by atoms with van der Waals surface area (Å²) in [6.45, 7) is 1.51. The van der Waals surface area contributed by atoms with Crippen molar-refractivity contribution in [3.05, 3.63) is 65.5 Å². The number of rotatable bonds is 5. The van der Waals surface area contributed by atoms with Crippen LogP contribution >= 0.6 is 0 Å². The highest BCUT2D eigenvalue weighted by Gasteiger charge is 2.09. The Morgan fingerprint density at radius 1 is 1.00 bits per heavy atom. The molecule has 0 aliphatic carbocycles. The van der Waals surface area contributed by atoms with Crippen LogP contribution in [-0.2, 0) is 13.1 Å². The lowest BCUT2D eigenvalue weighted by atomic mass is 10.1. The van der Waals surface area contributed by atoms with Gasteiger partial charge in [-0.25, -0.2) is 4.39 Å². The zero-order chi connectivity index (χ0) is 13.7. The van der Waals surface area contributed by atoms with Gasteiger partial charge in [0, 0.05) is 20.1 Å². The monoisotopic (exact) mass is 258 g/mol. The van der Waals surface area contributed by atoms with Crippen molar-refractivity contribution >= 4 is 5.69 Å². The predicted octanol–water partition coefficient (Wildman–Crippen LogP) is 3.18. The summed E-state index contributed by atoms with van der Waals surface area (Å²) in [6, 6.07) is 15.1. The molecule has 2 aromatic carbocycles. The van der Waals surface area contributed by atoms with Crippen LogP contribution < -0.4 is 10.2 Å². The van der Waals surface area contributed by atoms with Crippen LogP contribution in [0.2, 0.25) is 0 Å². The fraction of sp³-hybridized carbons (Fsp3) is 0.250. The maximum absolute atomic E-state index is 13.7. The smallest absolute Gasteiger partial charge is 0.146 e. The van der Waals surface area contributed by atoms with E-state index in [0.29, 0.717) is 12.2 Å². The van der Waals surface area contributed by atoms with Crippen molar-refractivity contribution < 1.29 is 4.39 Å². The van der Waals surface area contributed by atoms with E-state index < -0.39 is 0 Å². The normalized spacial score (nSPS) is 10.5. The van der Waals surface area contributed by atoms with E-state index in [1.54, 1.807) is 12.1 Å². The Bertz CT molecular complexity index is 540. The topological polar surface area (TPSA) is 15.3 Å². The molecular formula is C16H19FN2. The van der Waals surface area contributed by atoms with Gasteiger partial charge in [0.2, 0.25) is 0 Å². The number of nitrogens with zero attached hydrogens (tertiary/aromatic N) is 1. The fourth-order valence-electron chi connectivity index (χ4n) is 2.18. The van der Waals surface area contributed by atoms with Gasteiger partial charge in [-0.2, -0.15) is 0 Å². The van der Waals surface area contributed by atoms with Crippen LogP contribution in [0.5, 0.6) is 0 Å². The average molecular weight is 258 g/mol. The summed E-state index contributed by atoms with van der Waals surface area (Å²) < 4.78 is 13.7.